The van der Waals surface area contributed by atoms with E-state index in [0.717, 1.165) is 16.0 Å². The first kappa shape index (κ1) is 19.1. The summed E-state index contributed by atoms with van der Waals surface area (Å²) in [4.78, 5) is 15.6. The van der Waals surface area contributed by atoms with Gasteiger partial charge in [0.15, 0.2) is 0 Å². The van der Waals surface area contributed by atoms with E-state index in [9.17, 15) is 13.2 Å². The number of sulfonamides is 1. The summed E-state index contributed by atoms with van der Waals surface area (Å²) in [7, 11) is -1.88. The highest BCUT2D eigenvalue weighted by atomic mass is 32.2. The van der Waals surface area contributed by atoms with Gasteiger partial charge in [-0.3, -0.25) is 4.79 Å². The Morgan fingerprint density at radius 2 is 1.96 bits per heavy atom. The van der Waals surface area contributed by atoms with Crippen molar-refractivity contribution in [1.29, 1.82) is 0 Å². The maximum Gasteiger partial charge on any atom is 0.253 e. The molecule has 140 valence electrons. The van der Waals surface area contributed by atoms with E-state index in [1.807, 2.05) is 38.1 Å². The molecule has 1 aliphatic rings. The fourth-order valence-corrected chi connectivity index (χ4v) is 6.38. The molecule has 1 fully saturated rings. The zero-order valence-electron chi connectivity index (χ0n) is 15.3. The molecule has 0 N–H and O–H groups in total. The van der Waals surface area contributed by atoms with Gasteiger partial charge >= 0.3 is 0 Å². The van der Waals surface area contributed by atoms with Gasteiger partial charge in [0.2, 0.25) is 5.91 Å². The van der Waals surface area contributed by atoms with Gasteiger partial charge < -0.3 is 4.90 Å². The molecule has 1 aromatic heterocycles. The third-order valence-corrected chi connectivity index (χ3v) is 8.19. The van der Waals surface area contributed by atoms with E-state index in [-0.39, 0.29) is 5.91 Å². The smallest absolute Gasteiger partial charge is 0.253 e. The first-order valence-corrected chi connectivity index (χ1v) is 10.9. The molecule has 0 spiro atoms. The molecule has 0 aliphatic carbocycles. The van der Waals surface area contributed by atoms with E-state index < -0.39 is 16.1 Å². The van der Waals surface area contributed by atoms with Crippen molar-refractivity contribution < 1.29 is 13.2 Å². The number of aryl methyl sites for hydroxylation is 2. The standard InChI is InChI=1S/C19H24N2O3S2/c1-14-7-4-5-8-16(14)13-20(3)19(22)17-9-6-12-21(17)26(23,24)18-11-10-15(2)25-18/h4-5,7-8,10-11,17H,6,9,12-13H2,1-3H3. The van der Waals surface area contributed by atoms with Crippen LogP contribution in [-0.2, 0) is 21.4 Å². The Balaban J connectivity index is 1.79. The number of carbonyl (C=O) groups excluding carboxylic acids is 1. The maximum atomic E-state index is 13.0. The number of benzene rings is 1. The molecule has 1 aromatic carbocycles. The monoisotopic (exact) mass is 392 g/mol. The number of hydrogen-bond donors (Lipinski definition) is 0. The number of amides is 1. The first-order valence-electron chi connectivity index (χ1n) is 8.68. The minimum absolute atomic E-state index is 0.136. The van der Waals surface area contributed by atoms with Gasteiger partial charge in [0, 0.05) is 25.0 Å². The van der Waals surface area contributed by atoms with Gasteiger partial charge in [0.25, 0.3) is 10.0 Å². The van der Waals surface area contributed by atoms with Crippen molar-refractivity contribution in [2.45, 2.75) is 43.5 Å². The lowest BCUT2D eigenvalue weighted by molar-refractivity contribution is -0.133. The molecule has 1 aliphatic heterocycles. The van der Waals surface area contributed by atoms with Crippen molar-refractivity contribution in [3.8, 4) is 0 Å². The van der Waals surface area contributed by atoms with Crippen LogP contribution in [0.25, 0.3) is 0 Å². The number of thiophene rings is 1. The van der Waals surface area contributed by atoms with Gasteiger partial charge in [-0.2, -0.15) is 4.31 Å². The summed E-state index contributed by atoms with van der Waals surface area (Å²) in [6, 6.07) is 10.7. The third-order valence-electron chi connectivity index (χ3n) is 4.81. The topological polar surface area (TPSA) is 57.7 Å². The molecule has 7 heteroatoms. The second-order valence-corrected chi connectivity index (χ2v) is 10.2. The zero-order valence-corrected chi connectivity index (χ0v) is 16.9. The molecule has 1 unspecified atom stereocenters. The number of nitrogens with zero attached hydrogens (tertiary/aromatic N) is 2. The van der Waals surface area contributed by atoms with Crippen molar-refractivity contribution in [1.82, 2.24) is 9.21 Å². The summed E-state index contributed by atoms with van der Waals surface area (Å²) >= 11 is 1.25. The molecular weight excluding hydrogens is 368 g/mol. The summed E-state index contributed by atoms with van der Waals surface area (Å²) in [5, 5.41) is 0. The van der Waals surface area contributed by atoms with Crippen LogP contribution in [0.4, 0.5) is 0 Å². The highest BCUT2D eigenvalue weighted by Crippen LogP contribution is 2.31. The summed E-state index contributed by atoms with van der Waals surface area (Å²) in [6.45, 7) is 4.77. The molecule has 1 amide bonds. The molecule has 5 nitrogen and oxygen atoms in total. The minimum atomic E-state index is -3.62. The molecule has 1 saturated heterocycles. The predicted molar refractivity (Wildman–Crippen MR) is 104 cm³/mol. The van der Waals surface area contributed by atoms with Crippen LogP contribution in [0.15, 0.2) is 40.6 Å². The van der Waals surface area contributed by atoms with E-state index in [2.05, 4.69) is 0 Å². The van der Waals surface area contributed by atoms with Gasteiger partial charge in [-0.25, -0.2) is 8.42 Å². The Labute approximate surface area is 159 Å². The summed E-state index contributed by atoms with van der Waals surface area (Å²) in [6.07, 6.45) is 1.28. The second kappa shape index (κ2) is 7.50. The SMILES string of the molecule is Cc1ccc(S(=O)(=O)N2CCCC2C(=O)N(C)Cc2ccccc2C)s1. The highest BCUT2D eigenvalue weighted by Gasteiger charge is 2.41. The van der Waals surface area contributed by atoms with E-state index in [0.29, 0.717) is 30.1 Å². The van der Waals surface area contributed by atoms with Crippen LogP contribution in [0.2, 0.25) is 0 Å². The van der Waals surface area contributed by atoms with Gasteiger partial charge in [0.05, 0.1) is 0 Å². The van der Waals surface area contributed by atoms with Crippen molar-refractivity contribution >= 4 is 27.3 Å². The largest absolute Gasteiger partial charge is 0.340 e. The van der Waals surface area contributed by atoms with Gasteiger partial charge in [-0.05, 0) is 49.9 Å². The lowest BCUT2D eigenvalue weighted by atomic mass is 10.1. The molecule has 1 atom stereocenters. The predicted octanol–water partition coefficient (Wildman–Crippen LogP) is 3.18. The lowest BCUT2D eigenvalue weighted by Crippen LogP contribution is -2.46. The third kappa shape index (κ3) is 3.70. The Kier molecular flexibility index (Phi) is 5.50. The van der Waals surface area contributed by atoms with E-state index in [4.69, 9.17) is 0 Å². The average molecular weight is 393 g/mol. The fraction of sp³-hybridized carbons (Fsp3) is 0.421. The van der Waals surface area contributed by atoms with Crippen LogP contribution in [0.1, 0.15) is 28.8 Å². The van der Waals surface area contributed by atoms with Gasteiger partial charge in [0.1, 0.15) is 10.3 Å². The maximum absolute atomic E-state index is 13.0. The number of rotatable bonds is 5. The molecule has 3 rings (SSSR count). The van der Waals surface area contributed by atoms with Crippen LogP contribution in [0.5, 0.6) is 0 Å². The van der Waals surface area contributed by atoms with Crippen LogP contribution in [0.3, 0.4) is 0 Å². The van der Waals surface area contributed by atoms with E-state index in [1.54, 1.807) is 24.1 Å². The summed E-state index contributed by atoms with van der Waals surface area (Å²) in [5.74, 6) is -0.136. The molecule has 0 bridgehead atoms. The van der Waals surface area contributed by atoms with Crippen molar-refractivity contribution in [3.63, 3.8) is 0 Å². The molecule has 2 heterocycles. The Morgan fingerprint density at radius 1 is 1.23 bits per heavy atom. The van der Waals surface area contributed by atoms with E-state index >= 15 is 0 Å². The van der Waals surface area contributed by atoms with Crippen LogP contribution in [-0.4, -0.2) is 43.2 Å². The van der Waals surface area contributed by atoms with Crippen molar-refractivity contribution in [2.75, 3.05) is 13.6 Å². The number of hydrogen-bond acceptors (Lipinski definition) is 4. The first-order chi connectivity index (χ1) is 12.3. The summed E-state index contributed by atoms with van der Waals surface area (Å²) in [5.41, 5.74) is 2.20. The number of likely N-dealkylation sites (N-methyl/N-ethyl adjacent to an activating group) is 1. The Bertz CT molecular complexity index is 905. The quantitative estimate of drug-likeness (QED) is 0.785. The van der Waals surface area contributed by atoms with Crippen LogP contribution < -0.4 is 0 Å². The van der Waals surface area contributed by atoms with Crippen LogP contribution >= 0.6 is 11.3 Å². The number of carbonyl (C=O) groups is 1. The average Bonchev–Trinajstić information content (AvgIpc) is 3.25. The Hall–Kier alpha value is -1.70. The Morgan fingerprint density at radius 3 is 2.62 bits per heavy atom. The van der Waals surface area contributed by atoms with Crippen LogP contribution in [0, 0.1) is 13.8 Å². The van der Waals surface area contributed by atoms with Gasteiger partial charge in [-0.15, -0.1) is 11.3 Å². The second-order valence-electron chi connectivity index (χ2n) is 6.76. The zero-order chi connectivity index (χ0) is 18.9. The normalized spacial score (nSPS) is 18.2. The molecule has 0 saturated carbocycles. The van der Waals surface area contributed by atoms with E-state index in [1.165, 1.54) is 15.6 Å². The molecule has 2 aromatic rings. The molecule has 26 heavy (non-hydrogen) atoms. The summed E-state index contributed by atoms with van der Waals surface area (Å²) < 4.78 is 27.6. The van der Waals surface area contributed by atoms with Gasteiger partial charge in [-0.1, -0.05) is 24.3 Å². The molecular formula is C19H24N2O3S2. The minimum Gasteiger partial charge on any atom is -0.340 e. The highest BCUT2D eigenvalue weighted by molar-refractivity contribution is 7.91. The molecule has 0 radical (unpaired) electrons. The van der Waals surface area contributed by atoms with Crippen molar-refractivity contribution in [3.05, 3.63) is 52.4 Å². The fourth-order valence-electron chi connectivity index (χ4n) is 3.32. The lowest BCUT2D eigenvalue weighted by Gasteiger charge is -2.27. The van der Waals surface area contributed by atoms with Crippen molar-refractivity contribution in [2.24, 2.45) is 0 Å².